The summed E-state index contributed by atoms with van der Waals surface area (Å²) in [4.78, 5) is 16.1. The Morgan fingerprint density at radius 2 is 2.05 bits per heavy atom. The van der Waals surface area contributed by atoms with Gasteiger partial charge in [0.15, 0.2) is 5.76 Å². The molecule has 0 saturated carbocycles. The van der Waals surface area contributed by atoms with Gasteiger partial charge < -0.3 is 10.2 Å². The topological polar surface area (TPSA) is 69.1 Å². The highest BCUT2D eigenvalue weighted by molar-refractivity contribution is 6.31. The summed E-state index contributed by atoms with van der Waals surface area (Å²) in [6.45, 7) is 1.85. The third kappa shape index (κ3) is 2.14. The third-order valence-corrected chi connectivity index (χ3v) is 3.26. The molecule has 4 nitrogen and oxygen atoms in total. The quantitative estimate of drug-likeness (QED) is 0.783. The Morgan fingerprint density at radius 3 is 2.70 bits per heavy atom. The minimum Gasteiger partial charge on any atom is -0.460 e. The van der Waals surface area contributed by atoms with E-state index in [2.05, 4.69) is 4.98 Å². The van der Waals surface area contributed by atoms with Gasteiger partial charge in [-0.1, -0.05) is 11.6 Å². The van der Waals surface area contributed by atoms with Crippen LogP contribution in [0, 0.1) is 6.92 Å². The Hall–Kier alpha value is -2.33. The van der Waals surface area contributed by atoms with E-state index in [0.29, 0.717) is 32.9 Å². The molecule has 0 saturated heterocycles. The van der Waals surface area contributed by atoms with Crippen molar-refractivity contribution >= 4 is 28.4 Å². The largest absolute Gasteiger partial charge is 0.460 e. The van der Waals surface area contributed by atoms with Crippen LogP contribution in [0.25, 0.3) is 22.4 Å². The lowest BCUT2D eigenvalue weighted by atomic mass is 10.1. The van der Waals surface area contributed by atoms with Gasteiger partial charge in [-0.05, 0) is 43.3 Å². The van der Waals surface area contributed by atoms with Crippen molar-refractivity contribution in [1.82, 2.24) is 4.98 Å². The summed E-state index contributed by atoms with van der Waals surface area (Å²) >= 11 is 5.96. The van der Waals surface area contributed by atoms with E-state index in [-0.39, 0.29) is 0 Å². The number of hydrogen-bond acceptors (Lipinski definition) is 3. The molecule has 0 atom stereocenters. The SMILES string of the molecule is Cc1ccc(-c2cc(C(N)=O)c3cc(Cl)ccc3n2)o1. The van der Waals surface area contributed by atoms with Gasteiger partial charge in [-0.15, -0.1) is 0 Å². The fourth-order valence-electron chi connectivity index (χ4n) is 2.10. The average Bonchev–Trinajstić information content (AvgIpc) is 2.84. The van der Waals surface area contributed by atoms with Gasteiger partial charge in [-0.2, -0.15) is 0 Å². The number of benzene rings is 1. The number of nitrogens with zero attached hydrogens (tertiary/aromatic N) is 1. The summed E-state index contributed by atoms with van der Waals surface area (Å²) in [5.74, 6) is 0.852. The molecule has 2 aromatic heterocycles. The zero-order valence-corrected chi connectivity index (χ0v) is 11.4. The van der Waals surface area contributed by atoms with Gasteiger partial charge in [0.25, 0.3) is 0 Å². The van der Waals surface area contributed by atoms with Crippen LogP contribution in [0.15, 0.2) is 40.8 Å². The normalized spacial score (nSPS) is 10.9. The lowest BCUT2D eigenvalue weighted by molar-refractivity contribution is 0.100. The number of fused-ring (bicyclic) bond motifs is 1. The second kappa shape index (κ2) is 4.65. The summed E-state index contributed by atoms with van der Waals surface area (Å²) < 4.78 is 5.54. The minimum absolute atomic E-state index is 0.376. The number of hydrogen-bond donors (Lipinski definition) is 1. The first kappa shape index (κ1) is 12.7. The first-order valence-electron chi connectivity index (χ1n) is 6.01. The Bertz CT molecular complexity index is 824. The number of nitrogens with two attached hydrogens (primary N) is 1. The molecule has 1 aromatic carbocycles. The van der Waals surface area contributed by atoms with Crippen molar-refractivity contribution in [2.24, 2.45) is 5.73 Å². The van der Waals surface area contributed by atoms with E-state index in [1.165, 1.54) is 0 Å². The maximum Gasteiger partial charge on any atom is 0.249 e. The van der Waals surface area contributed by atoms with Gasteiger partial charge in [-0.3, -0.25) is 4.79 Å². The van der Waals surface area contributed by atoms with Crippen LogP contribution in [0.5, 0.6) is 0 Å². The van der Waals surface area contributed by atoms with Crippen LogP contribution in [-0.2, 0) is 0 Å². The van der Waals surface area contributed by atoms with E-state index in [0.717, 1.165) is 5.76 Å². The van der Waals surface area contributed by atoms with Crippen molar-refractivity contribution in [2.45, 2.75) is 6.92 Å². The smallest absolute Gasteiger partial charge is 0.249 e. The number of carbonyl (C=O) groups is 1. The lowest BCUT2D eigenvalue weighted by Crippen LogP contribution is -2.12. The van der Waals surface area contributed by atoms with Crippen LogP contribution in [0.4, 0.5) is 0 Å². The van der Waals surface area contributed by atoms with E-state index >= 15 is 0 Å². The van der Waals surface area contributed by atoms with E-state index < -0.39 is 5.91 Å². The molecule has 0 bridgehead atoms. The summed E-state index contributed by atoms with van der Waals surface area (Å²) in [6, 6.07) is 10.4. The molecule has 3 aromatic rings. The van der Waals surface area contributed by atoms with Crippen LogP contribution in [-0.4, -0.2) is 10.9 Å². The molecule has 0 fully saturated rings. The standard InChI is InChI=1S/C15H11ClN2O2/c1-8-2-5-14(20-8)13-7-11(15(17)19)10-6-9(16)3-4-12(10)18-13/h2-7H,1H3,(H2,17,19). The van der Waals surface area contributed by atoms with E-state index in [4.69, 9.17) is 21.8 Å². The van der Waals surface area contributed by atoms with Crippen molar-refractivity contribution in [2.75, 3.05) is 0 Å². The van der Waals surface area contributed by atoms with Gasteiger partial charge in [0.2, 0.25) is 5.91 Å². The average molecular weight is 287 g/mol. The zero-order valence-electron chi connectivity index (χ0n) is 10.7. The second-order valence-corrected chi connectivity index (χ2v) is 4.93. The molecule has 20 heavy (non-hydrogen) atoms. The predicted octanol–water partition coefficient (Wildman–Crippen LogP) is 3.56. The van der Waals surface area contributed by atoms with Gasteiger partial charge in [0.05, 0.1) is 11.1 Å². The van der Waals surface area contributed by atoms with Gasteiger partial charge in [0, 0.05) is 10.4 Å². The zero-order chi connectivity index (χ0) is 14.3. The molecule has 0 aliphatic carbocycles. The van der Waals surface area contributed by atoms with Crippen molar-refractivity contribution in [1.29, 1.82) is 0 Å². The molecule has 0 unspecified atom stereocenters. The highest BCUT2D eigenvalue weighted by Gasteiger charge is 2.13. The number of aromatic nitrogens is 1. The van der Waals surface area contributed by atoms with Gasteiger partial charge >= 0.3 is 0 Å². The molecule has 0 aliphatic rings. The number of primary amides is 1. The molecule has 5 heteroatoms. The van der Waals surface area contributed by atoms with Gasteiger partial charge in [0.1, 0.15) is 11.5 Å². The lowest BCUT2D eigenvalue weighted by Gasteiger charge is -2.06. The number of carbonyl (C=O) groups excluding carboxylic acids is 1. The van der Waals surface area contributed by atoms with E-state index in [1.54, 1.807) is 24.3 Å². The molecule has 2 heterocycles. The first-order chi connectivity index (χ1) is 9.54. The first-order valence-corrected chi connectivity index (χ1v) is 6.39. The Labute approximate surface area is 120 Å². The van der Waals surface area contributed by atoms with Crippen molar-refractivity contribution in [3.05, 3.63) is 52.7 Å². The summed E-state index contributed by atoms with van der Waals surface area (Å²) in [5, 5.41) is 1.17. The molecule has 100 valence electrons. The number of pyridine rings is 1. The summed E-state index contributed by atoms with van der Waals surface area (Å²) in [7, 11) is 0. The number of halogens is 1. The highest BCUT2D eigenvalue weighted by atomic mass is 35.5. The Balaban J connectivity index is 2.31. The third-order valence-electron chi connectivity index (χ3n) is 3.03. The Morgan fingerprint density at radius 1 is 1.25 bits per heavy atom. The van der Waals surface area contributed by atoms with E-state index in [1.807, 2.05) is 19.1 Å². The molecule has 1 amide bonds. The Kier molecular flexibility index (Phi) is 2.95. The maximum atomic E-state index is 11.6. The van der Waals surface area contributed by atoms with Crippen molar-refractivity contribution in [3.8, 4) is 11.5 Å². The van der Waals surface area contributed by atoms with Crippen LogP contribution < -0.4 is 5.73 Å². The molecular formula is C15H11ClN2O2. The summed E-state index contributed by atoms with van der Waals surface area (Å²) in [5.41, 5.74) is 7.04. The molecular weight excluding hydrogens is 276 g/mol. The fraction of sp³-hybridized carbons (Fsp3) is 0.0667. The predicted molar refractivity (Wildman–Crippen MR) is 77.7 cm³/mol. The van der Waals surface area contributed by atoms with Crippen LogP contribution >= 0.6 is 11.6 Å². The molecule has 0 spiro atoms. The fourth-order valence-corrected chi connectivity index (χ4v) is 2.27. The minimum atomic E-state index is -0.524. The van der Waals surface area contributed by atoms with Crippen molar-refractivity contribution < 1.29 is 9.21 Å². The summed E-state index contributed by atoms with van der Waals surface area (Å²) in [6.07, 6.45) is 0. The molecule has 0 radical (unpaired) electrons. The van der Waals surface area contributed by atoms with Crippen molar-refractivity contribution in [3.63, 3.8) is 0 Å². The number of furan rings is 1. The second-order valence-electron chi connectivity index (χ2n) is 4.49. The van der Waals surface area contributed by atoms with Crippen LogP contribution in [0.2, 0.25) is 5.02 Å². The van der Waals surface area contributed by atoms with Crippen LogP contribution in [0.3, 0.4) is 0 Å². The molecule has 2 N–H and O–H groups in total. The molecule has 3 rings (SSSR count). The van der Waals surface area contributed by atoms with Crippen LogP contribution in [0.1, 0.15) is 16.1 Å². The number of amides is 1. The highest BCUT2D eigenvalue weighted by Crippen LogP contribution is 2.27. The molecule has 0 aliphatic heterocycles. The monoisotopic (exact) mass is 286 g/mol. The maximum absolute atomic E-state index is 11.6. The number of rotatable bonds is 2. The van der Waals surface area contributed by atoms with Gasteiger partial charge in [-0.25, -0.2) is 4.98 Å². The van der Waals surface area contributed by atoms with E-state index in [9.17, 15) is 4.79 Å². The number of aryl methyl sites for hydroxylation is 1.